The summed E-state index contributed by atoms with van der Waals surface area (Å²) in [4.78, 5) is 6.61. The Balaban J connectivity index is 2.22. The zero-order chi connectivity index (χ0) is 12.4. The molecule has 1 heterocycles. The van der Waals surface area contributed by atoms with E-state index in [-0.39, 0.29) is 12.0 Å². The van der Waals surface area contributed by atoms with E-state index >= 15 is 0 Å². The number of benzene rings is 1. The second-order valence-electron chi connectivity index (χ2n) is 3.55. The zero-order valence-electron chi connectivity index (χ0n) is 8.62. The molecular weight excluding hydrogens is 233 g/mol. The summed E-state index contributed by atoms with van der Waals surface area (Å²) < 4.78 is 38.6. The third-order valence-corrected chi connectivity index (χ3v) is 2.33. The molecule has 0 amide bonds. The first-order valence-corrected chi connectivity index (χ1v) is 4.88. The summed E-state index contributed by atoms with van der Waals surface area (Å²) in [6.45, 7) is 0. The Morgan fingerprint density at radius 2 is 1.88 bits per heavy atom. The Labute approximate surface area is 94.9 Å². The first-order valence-electron chi connectivity index (χ1n) is 4.88. The van der Waals surface area contributed by atoms with Crippen LogP contribution in [0.2, 0.25) is 0 Å². The molecule has 0 saturated heterocycles. The summed E-state index contributed by atoms with van der Waals surface area (Å²) in [5.41, 5.74) is -0.0298. The maximum atomic E-state index is 12.9. The first kappa shape index (κ1) is 11.7. The van der Waals surface area contributed by atoms with Crippen molar-refractivity contribution < 1.29 is 18.3 Å². The lowest BCUT2D eigenvalue weighted by Gasteiger charge is -2.10. The monoisotopic (exact) mass is 242 g/mol. The van der Waals surface area contributed by atoms with E-state index in [1.807, 2.05) is 0 Å². The molecule has 0 spiro atoms. The highest BCUT2D eigenvalue weighted by Crippen LogP contribution is 2.21. The lowest BCUT2D eigenvalue weighted by molar-refractivity contribution is 0.174. The van der Waals surface area contributed by atoms with Crippen LogP contribution in [0.1, 0.15) is 17.5 Å². The number of imidazole rings is 1. The maximum Gasteiger partial charge on any atom is 0.194 e. The van der Waals surface area contributed by atoms with Crippen molar-refractivity contribution >= 4 is 0 Å². The van der Waals surface area contributed by atoms with Crippen molar-refractivity contribution in [3.05, 3.63) is 53.4 Å². The van der Waals surface area contributed by atoms with E-state index in [1.165, 1.54) is 6.20 Å². The zero-order valence-corrected chi connectivity index (χ0v) is 8.62. The predicted molar refractivity (Wildman–Crippen MR) is 53.6 cm³/mol. The van der Waals surface area contributed by atoms with Crippen LogP contribution in [0.5, 0.6) is 0 Å². The van der Waals surface area contributed by atoms with Gasteiger partial charge < -0.3 is 10.1 Å². The molecule has 3 nitrogen and oxygen atoms in total. The van der Waals surface area contributed by atoms with Crippen molar-refractivity contribution in [1.29, 1.82) is 0 Å². The second kappa shape index (κ2) is 4.58. The smallest absolute Gasteiger partial charge is 0.194 e. The van der Waals surface area contributed by atoms with Crippen LogP contribution in [0.3, 0.4) is 0 Å². The fraction of sp³-hybridized carbons (Fsp3) is 0.182. The molecule has 1 atom stereocenters. The Bertz CT molecular complexity index is 490. The van der Waals surface area contributed by atoms with Gasteiger partial charge in [-0.25, -0.2) is 18.2 Å². The van der Waals surface area contributed by atoms with Crippen LogP contribution in [0, 0.1) is 17.5 Å². The molecule has 0 fully saturated rings. The van der Waals surface area contributed by atoms with Crippen molar-refractivity contribution in [2.75, 3.05) is 0 Å². The Morgan fingerprint density at radius 1 is 1.24 bits per heavy atom. The summed E-state index contributed by atoms with van der Waals surface area (Å²) in [5, 5.41) is 9.72. The summed E-state index contributed by atoms with van der Waals surface area (Å²) in [6, 6.07) is 1.54. The SMILES string of the molecule is OC(Cc1ncc[nH]1)c1cc(F)c(F)c(F)c1. The van der Waals surface area contributed by atoms with Gasteiger partial charge in [-0.3, -0.25) is 0 Å². The highest BCUT2D eigenvalue weighted by atomic mass is 19.2. The molecule has 2 rings (SSSR count). The molecule has 90 valence electrons. The van der Waals surface area contributed by atoms with Crippen molar-refractivity contribution in [3.8, 4) is 0 Å². The summed E-state index contributed by atoms with van der Waals surface area (Å²) in [5.74, 6) is -3.71. The largest absolute Gasteiger partial charge is 0.388 e. The van der Waals surface area contributed by atoms with E-state index in [9.17, 15) is 18.3 Å². The van der Waals surface area contributed by atoms with Crippen LogP contribution in [0.25, 0.3) is 0 Å². The number of halogens is 3. The van der Waals surface area contributed by atoms with Crippen molar-refractivity contribution in [2.45, 2.75) is 12.5 Å². The number of aromatic amines is 1. The Kier molecular flexibility index (Phi) is 3.14. The van der Waals surface area contributed by atoms with E-state index in [0.717, 1.165) is 12.1 Å². The maximum absolute atomic E-state index is 12.9. The van der Waals surface area contributed by atoms with Crippen LogP contribution >= 0.6 is 0 Å². The third-order valence-electron chi connectivity index (χ3n) is 2.33. The Morgan fingerprint density at radius 3 is 2.41 bits per heavy atom. The molecule has 0 aliphatic carbocycles. The lowest BCUT2D eigenvalue weighted by atomic mass is 10.1. The molecule has 0 bridgehead atoms. The molecule has 17 heavy (non-hydrogen) atoms. The van der Waals surface area contributed by atoms with Gasteiger partial charge in [0, 0.05) is 18.8 Å². The number of hydrogen-bond acceptors (Lipinski definition) is 2. The molecule has 0 aliphatic heterocycles. The molecule has 2 aromatic rings. The molecule has 1 aromatic carbocycles. The minimum absolute atomic E-state index is 0.0298. The number of H-pyrrole nitrogens is 1. The number of aromatic nitrogens is 2. The molecule has 2 N–H and O–H groups in total. The third kappa shape index (κ3) is 2.47. The fourth-order valence-electron chi connectivity index (χ4n) is 1.48. The van der Waals surface area contributed by atoms with Gasteiger partial charge in [-0.1, -0.05) is 0 Å². The van der Waals surface area contributed by atoms with Crippen molar-refractivity contribution in [1.82, 2.24) is 9.97 Å². The molecule has 0 aliphatic rings. The number of rotatable bonds is 3. The quantitative estimate of drug-likeness (QED) is 0.810. The number of hydrogen-bond donors (Lipinski definition) is 2. The molecule has 0 radical (unpaired) electrons. The van der Waals surface area contributed by atoms with Gasteiger partial charge in [0.25, 0.3) is 0 Å². The molecule has 1 unspecified atom stereocenters. The predicted octanol–water partition coefficient (Wildman–Crippen LogP) is 2.10. The minimum atomic E-state index is -1.54. The van der Waals surface area contributed by atoms with E-state index in [2.05, 4.69) is 9.97 Å². The number of nitrogens with zero attached hydrogens (tertiary/aromatic N) is 1. The minimum Gasteiger partial charge on any atom is -0.388 e. The van der Waals surface area contributed by atoms with Gasteiger partial charge in [0.1, 0.15) is 5.82 Å². The highest BCUT2D eigenvalue weighted by molar-refractivity contribution is 5.22. The van der Waals surface area contributed by atoms with Gasteiger partial charge >= 0.3 is 0 Å². The van der Waals surface area contributed by atoms with Gasteiger partial charge in [0.05, 0.1) is 6.10 Å². The standard InChI is InChI=1S/C11H9F3N2O/c12-7-3-6(4-8(13)11(7)14)9(17)5-10-15-1-2-16-10/h1-4,9,17H,5H2,(H,15,16). The molecular formula is C11H9F3N2O. The lowest BCUT2D eigenvalue weighted by Crippen LogP contribution is -2.05. The van der Waals surface area contributed by atoms with Gasteiger partial charge in [-0.05, 0) is 17.7 Å². The average molecular weight is 242 g/mol. The van der Waals surface area contributed by atoms with Crippen LogP contribution in [-0.4, -0.2) is 15.1 Å². The topological polar surface area (TPSA) is 48.9 Å². The molecule has 0 saturated carbocycles. The summed E-state index contributed by atoms with van der Waals surface area (Å²) >= 11 is 0. The van der Waals surface area contributed by atoms with E-state index in [0.29, 0.717) is 5.82 Å². The first-order chi connectivity index (χ1) is 8.08. The van der Waals surface area contributed by atoms with Crippen LogP contribution in [0.15, 0.2) is 24.5 Å². The number of aliphatic hydroxyl groups excluding tert-OH is 1. The second-order valence-corrected chi connectivity index (χ2v) is 3.55. The van der Waals surface area contributed by atoms with E-state index in [1.54, 1.807) is 6.20 Å². The van der Waals surface area contributed by atoms with E-state index < -0.39 is 23.6 Å². The van der Waals surface area contributed by atoms with Gasteiger partial charge in [-0.15, -0.1) is 0 Å². The molecule has 6 heteroatoms. The van der Waals surface area contributed by atoms with Crippen molar-refractivity contribution in [3.63, 3.8) is 0 Å². The number of aliphatic hydroxyl groups is 1. The summed E-state index contributed by atoms with van der Waals surface area (Å²) in [7, 11) is 0. The Hall–Kier alpha value is -1.82. The normalized spacial score (nSPS) is 12.7. The number of nitrogens with one attached hydrogen (secondary N) is 1. The van der Waals surface area contributed by atoms with Crippen molar-refractivity contribution in [2.24, 2.45) is 0 Å². The highest BCUT2D eigenvalue weighted by Gasteiger charge is 2.16. The van der Waals surface area contributed by atoms with Crippen LogP contribution < -0.4 is 0 Å². The van der Waals surface area contributed by atoms with E-state index in [4.69, 9.17) is 0 Å². The summed E-state index contributed by atoms with van der Waals surface area (Å²) in [6.07, 6.45) is 1.98. The van der Waals surface area contributed by atoms with Crippen LogP contribution in [-0.2, 0) is 6.42 Å². The fourth-order valence-corrected chi connectivity index (χ4v) is 1.48. The van der Waals surface area contributed by atoms with Gasteiger partial charge in [0.2, 0.25) is 0 Å². The van der Waals surface area contributed by atoms with Gasteiger partial charge in [0.15, 0.2) is 17.5 Å². The molecule has 1 aromatic heterocycles. The average Bonchev–Trinajstić information content (AvgIpc) is 2.77. The van der Waals surface area contributed by atoms with Gasteiger partial charge in [-0.2, -0.15) is 0 Å². The van der Waals surface area contributed by atoms with Crippen LogP contribution in [0.4, 0.5) is 13.2 Å².